The van der Waals surface area contributed by atoms with E-state index >= 15 is 0 Å². The van der Waals surface area contributed by atoms with Crippen molar-refractivity contribution in [2.75, 3.05) is 18.8 Å². The highest BCUT2D eigenvalue weighted by atomic mass is 32.2. The van der Waals surface area contributed by atoms with E-state index in [9.17, 15) is 13.2 Å². The second-order valence-electron chi connectivity index (χ2n) is 3.61. The standard InChI is InChI=1S/C9H17NO3S/c1-2-3-8-14(12,13)10-6-4-9(11)5-7-10/h2-8H2,1H3. The van der Waals surface area contributed by atoms with Crippen molar-refractivity contribution in [2.45, 2.75) is 32.6 Å². The molecule has 0 N–H and O–H groups in total. The maximum absolute atomic E-state index is 11.7. The smallest absolute Gasteiger partial charge is 0.214 e. The number of Topliss-reactive ketones (excluding diaryl/α,β-unsaturated/α-hetero) is 1. The van der Waals surface area contributed by atoms with E-state index in [0.717, 1.165) is 6.42 Å². The van der Waals surface area contributed by atoms with Crippen LogP contribution in [-0.4, -0.2) is 37.3 Å². The minimum Gasteiger partial charge on any atom is -0.300 e. The predicted molar refractivity (Wildman–Crippen MR) is 54.5 cm³/mol. The molecule has 0 radical (unpaired) electrons. The van der Waals surface area contributed by atoms with E-state index in [1.54, 1.807) is 0 Å². The van der Waals surface area contributed by atoms with Gasteiger partial charge in [0, 0.05) is 25.9 Å². The average Bonchev–Trinajstić information content (AvgIpc) is 2.16. The van der Waals surface area contributed by atoms with Gasteiger partial charge in [-0.1, -0.05) is 13.3 Å². The van der Waals surface area contributed by atoms with Crippen LogP contribution in [0, 0.1) is 0 Å². The molecule has 1 fully saturated rings. The van der Waals surface area contributed by atoms with E-state index in [4.69, 9.17) is 0 Å². The summed E-state index contributed by atoms with van der Waals surface area (Å²) in [6.07, 6.45) is 2.34. The summed E-state index contributed by atoms with van der Waals surface area (Å²) in [5, 5.41) is 0. The lowest BCUT2D eigenvalue weighted by molar-refractivity contribution is -0.120. The van der Waals surface area contributed by atoms with Crippen LogP contribution in [0.3, 0.4) is 0 Å². The van der Waals surface area contributed by atoms with Crippen LogP contribution in [0.5, 0.6) is 0 Å². The first-order chi connectivity index (χ1) is 6.56. The maximum atomic E-state index is 11.7. The molecular weight excluding hydrogens is 202 g/mol. The van der Waals surface area contributed by atoms with E-state index in [2.05, 4.69) is 0 Å². The number of nitrogens with zero attached hydrogens (tertiary/aromatic N) is 1. The summed E-state index contributed by atoms with van der Waals surface area (Å²) in [5.74, 6) is 0.393. The normalized spacial score (nSPS) is 19.9. The number of ketones is 1. The first-order valence-electron chi connectivity index (χ1n) is 5.06. The van der Waals surface area contributed by atoms with Gasteiger partial charge >= 0.3 is 0 Å². The Kier molecular flexibility index (Phi) is 4.07. The Morgan fingerprint density at radius 3 is 2.36 bits per heavy atom. The molecule has 4 nitrogen and oxygen atoms in total. The number of piperidine rings is 1. The van der Waals surface area contributed by atoms with Crippen molar-refractivity contribution < 1.29 is 13.2 Å². The number of sulfonamides is 1. The molecule has 0 spiro atoms. The largest absolute Gasteiger partial charge is 0.300 e. The van der Waals surface area contributed by atoms with E-state index in [1.165, 1.54) is 4.31 Å². The summed E-state index contributed by atoms with van der Waals surface area (Å²) in [6, 6.07) is 0. The first kappa shape index (κ1) is 11.7. The van der Waals surface area contributed by atoms with Crippen LogP contribution in [0.1, 0.15) is 32.6 Å². The SMILES string of the molecule is CCCCS(=O)(=O)N1CCC(=O)CC1. The second-order valence-corrected chi connectivity index (χ2v) is 5.70. The highest BCUT2D eigenvalue weighted by molar-refractivity contribution is 7.89. The molecule has 0 bridgehead atoms. The van der Waals surface area contributed by atoms with Gasteiger partial charge in [0.05, 0.1) is 5.75 Å². The number of unbranched alkanes of at least 4 members (excludes halogenated alkanes) is 1. The van der Waals surface area contributed by atoms with Gasteiger partial charge in [0.15, 0.2) is 0 Å². The van der Waals surface area contributed by atoms with Gasteiger partial charge < -0.3 is 0 Å². The molecule has 1 rings (SSSR count). The van der Waals surface area contributed by atoms with Crippen molar-refractivity contribution in [1.82, 2.24) is 4.31 Å². The Hall–Kier alpha value is -0.420. The van der Waals surface area contributed by atoms with Gasteiger partial charge in [0.1, 0.15) is 5.78 Å². The van der Waals surface area contributed by atoms with Crippen LogP contribution < -0.4 is 0 Å². The zero-order chi connectivity index (χ0) is 10.6. The highest BCUT2D eigenvalue weighted by Gasteiger charge is 2.25. The Bertz CT molecular complexity index is 287. The fourth-order valence-electron chi connectivity index (χ4n) is 1.47. The number of carbonyl (C=O) groups excluding carboxylic acids is 1. The average molecular weight is 219 g/mol. The van der Waals surface area contributed by atoms with Crippen molar-refractivity contribution in [1.29, 1.82) is 0 Å². The van der Waals surface area contributed by atoms with Gasteiger partial charge in [0.25, 0.3) is 0 Å². The summed E-state index contributed by atoms with van der Waals surface area (Å²) in [7, 11) is -3.09. The van der Waals surface area contributed by atoms with Crippen LogP contribution >= 0.6 is 0 Å². The van der Waals surface area contributed by atoms with Crippen LogP contribution in [0.2, 0.25) is 0 Å². The van der Waals surface area contributed by atoms with Gasteiger partial charge in [-0.25, -0.2) is 12.7 Å². The van der Waals surface area contributed by atoms with E-state index < -0.39 is 10.0 Å². The monoisotopic (exact) mass is 219 g/mol. The molecule has 1 heterocycles. The zero-order valence-corrected chi connectivity index (χ0v) is 9.35. The fourth-order valence-corrected chi connectivity index (χ4v) is 3.12. The molecule has 0 amide bonds. The fraction of sp³-hybridized carbons (Fsp3) is 0.889. The zero-order valence-electron chi connectivity index (χ0n) is 8.53. The van der Waals surface area contributed by atoms with Crippen molar-refractivity contribution in [3.8, 4) is 0 Å². The van der Waals surface area contributed by atoms with Gasteiger partial charge in [-0.15, -0.1) is 0 Å². The van der Waals surface area contributed by atoms with Crippen molar-refractivity contribution in [3.05, 3.63) is 0 Å². The molecule has 0 atom stereocenters. The lowest BCUT2D eigenvalue weighted by Crippen LogP contribution is -2.39. The van der Waals surface area contributed by atoms with Gasteiger partial charge in [-0.05, 0) is 6.42 Å². The first-order valence-corrected chi connectivity index (χ1v) is 6.66. The summed E-state index contributed by atoms with van der Waals surface area (Å²) < 4.78 is 24.8. The third kappa shape index (κ3) is 3.06. The third-order valence-corrected chi connectivity index (χ3v) is 4.39. The van der Waals surface area contributed by atoms with Gasteiger partial charge in [-0.3, -0.25) is 4.79 Å². The Balaban J connectivity index is 2.51. The molecule has 0 saturated carbocycles. The Labute approximate surface area is 85.3 Å². The number of carbonyl (C=O) groups is 1. The van der Waals surface area contributed by atoms with Crippen molar-refractivity contribution >= 4 is 15.8 Å². The van der Waals surface area contributed by atoms with Crippen LogP contribution in [0.15, 0.2) is 0 Å². The molecule has 0 aliphatic carbocycles. The Morgan fingerprint density at radius 1 is 1.29 bits per heavy atom. The van der Waals surface area contributed by atoms with E-state index in [-0.39, 0.29) is 11.5 Å². The molecule has 14 heavy (non-hydrogen) atoms. The Morgan fingerprint density at radius 2 is 1.86 bits per heavy atom. The topological polar surface area (TPSA) is 54.5 Å². The molecule has 0 aromatic heterocycles. The minimum absolute atomic E-state index is 0.173. The van der Waals surface area contributed by atoms with Crippen LogP contribution in [-0.2, 0) is 14.8 Å². The summed E-state index contributed by atoms with van der Waals surface area (Å²) >= 11 is 0. The van der Waals surface area contributed by atoms with E-state index in [1.807, 2.05) is 6.92 Å². The molecule has 0 unspecified atom stereocenters. The lowest BCUT2D eigenvalue weighted by atomic mass is 10.1. The second kappa shape index (κ2) is 4.89. The predicted octanol–water partition coefficient (Wildman–Crippen LogP) is 0.781. The van der Waals surface area contributed by atoms with Crippen LogP contribution in [0.4, 0.5) is 0 Å². The minimum atomic E-state index is -3.09. The number of hydrogen-bond donors (Lipinski definition) is 0. The van der Waals surface area contributed by atoms with Crippen LogP contribution in [0.25, 0.3) is 0 Å². The number of hydrogen-bond acceptors (Lipinski definition) is 3. The molecule has 1 aliphatic rings. The molecule has 5 heteroatoms. The molecular formula is C9H17NO3S. The maximum Gasteiger partial charge on any atom is 0.214 e. The quantitative estimate of drug-likeness (QED) is 0.702. The van der Waals surface area contributed by atoms with Gasteiger partial charge in [0.2, 0.25) is 10.0 Å². The van der Waals surface area contributed by atoms with Crippen molar-refractivity contribution in [2.24, 2.45) is 0 Å². The third-order valence-electron chi connectivity index (χ3n) is 2.43. The molecule has 1 saturated heterocycles. The summed E-state index contributed by atoms with van der Waals surface area (Å²) in [6.45, 7) is 2.73. The molecule has 0 aromatic carbocycles. The number of rotatable bonds is 4. The highest BCUT2D eigenvalue weighted by Crippen LogP contribution is 2.12. The van der Waals surface area contributed by atoms with Crippen molar-refractivity contribution in [3.63, 3.8) is 0 Å². The summed E-state index contributed by atoms with van der Waals surface area (Å²) in [5.41, 5.74) is 0. The molecule has 0 aromatic rings. The molecule has 1 aliphatic heterocycles. The molecule has 82 valence electrons. The van der Waals surface area contributed by atoms with E-state index in [0.29, 0.717) is 32.4 Å². The lowest BCUT2D eigenvalue weighted by Gasteiger charge is -2.25. The summed E-state index contributed by atoms with van der Waals surface area (Å²) in [4.78, 5) is 10.9. The van der Waals surface area contributed by atoms with Gasteiger partial charge in [-0.2, -0.15) is 0 Å².